The van der Waals surface area contributed by atoms with E-state index in [1.165, 1.54) is 0 Å². The summed E-state index contributed by atoms with van der Waals surface area (Å²) >= 11 is 0. The molecule has 0 spiro atoms. The van der Waals surface area contributed by atoms with E-state index in [1.807, 2.05) is 73.7 Å². The van der Waals surface area contributed by atoms with Crippen LogP contribution in [0.3, 0.4) is 0 Å². The number of aryl methyl sites for hydroxylation is 1. The van der Waals surface area contributed by atoms with Crippen molar-refractivity contribution in [3.63, 3.8) is 0 Å². The van der Waals surface area contributed by atoms with Crippen LogP contribution in [-0.2, 0) is 9.53 Å². The molecule has 0 amide bonds. The molecule has 3 aromatic carbocycles. The van der Waals surface area contributed by atoms with Gasteiger partial charge in [0.2, 0.25) is 0 Å². The third kappa shape index (κ3) is 5.30. The van der Waals surface area contributed by atoms with E-state index in [4.69, 9.17) is 9.47 Å². The molecule has 0 unspecified atom stereocenters. The first-order valence-electron chi connectivity index (χ1n) is 9.16. The van der Waals surface area contributed by atoms with Gasteiger partial charge in [-0.25, -0.2) is 0 Å². The molecule has 0 aromatic heterocycles. The van der Waals surface area contributed by atoms with Crippen molar-refractivity contribution in [3.05, 3.63) is 90.0 Å². The highest BCUT2D eigenvalue weighted by molar-refractivity contribution is 5.98. The largest absolute Gasteiger partial charge is 0.493 e. The average molecular weight is 374 g/mol. The Balaban J connectivity index is 1.44. The number of Topliss-reactive ketones (excluding diaryl/α,β-unsaturated/α-hetero) is 1. The van der Waals surface area contributed by atoms with Gasteiger partial charge in [0.05, 0.1) is 13.0 Å². The zero-order chi connectivity index (χ0) is 19.8. The van der Waals surface area contributed by atoms with Gasteiger partial charge in [0, 0.05) is 5.56 Å². The molecular weight excluding hydrogens is 352 g/mol. The molecule has 0 saturated heterocycles. The first-order chi connectivity index (χ1) is 13.6. The number of rotatable bonds is 8. The Bertz CT molecular complexity index is 930. The fourth-order valence-corrected chi connectivity index (χ4v) is 2.74. The van der Waals surface area contributed by atoms with Crippen LogP contribution >= 0.6 is 0 Å². The van der Waals surface area contributed by atoms with E-state index in [0.29, 0.717) is 5.56 Å². The smallest absolute Gasteiger partial charge is 0.309 e. The van der Waals surface area contributed by atoms with E-state index in [-0.39, 0.29) is 25.4 Å². The Morgan fingerprint density at radius 1 is 0.786 bits per heavy atom. The van der Waals surface area contributed by atoms with Crippen LogP contribution in [0.15, 0.2) is 78.9 Å². The van der Waals surface area contributed by atoms with Crippen LogP contribution in [0.5, 0.6) is 5.75 Å². The third-order valence-electron chi connectivity index (χ3n) is 4.34. The Morgan fingerprint density at radius 3 is 2.14 bits per heavy atom. The molecule has 0 N–H and O–H groups in total. The predicted molar refractivity (Wildman–Crippen MR) is 108 cm³/mol. The molecule has 0 saturated carbocycles. The topological polar surface area (TPSA) is 52.6 Å². The number of para-hydroxylation sites is 1. The lowest BCUT2D eigenvalue weighted by Gasteiger charge is -2.09. The van der Waals surface area contributed by atoms with Gasteiger partial charge in [0.1, 0.15) is 5.75 Å². The number of benzene rings is 3. The lowest BCUT2D eigenvalue weighted by atomic mass is 10.0. The second-order valence-electron chi connectivity index (χ2n) is 6.39. The van der Waals surface area contributed by atoms with E-state index < -0.39 is 5.97 Å². The molecule has 28 heavy (non-hydrogen) atoms. The number of hydrogen-bond donors (Lipinski definition) is 0. The molecule has 0 aliphatic rings. The van der Waals surface area contributed by atoms with Crippen LogP contribution in [0, 0.1) is 6.92 Å². The maximum Gasteiger partial charge on any atom is 0.309 e. The van der Waals surface area contributed by atoms with Crippen molar-refractivity contribution in [1.82, 2.24) is 0 Å². The average Bonchev–Trinajstić information content (AvgIpc) is 2.74. The van der Waals surface area contributed by atoms with Gasteiger partial charge >= 0.3 is 5.97 Å². The van der Waals surface area contributed by atoms with E-state index in [0.717, 1.165) is 22.4 Å². The Hall–Kier alpha value is -3.40. The van der Waals surface area contributed by atoms with Crippen molar-refractivity contribution in [3.8, 4) is 16.9 Å². The zero-order valence-electron chi connectivity index (χ0n) is 15.8. The SMILES string of the molecule is Cc1ccccc1OCCC(=O)OCC(=O)c1ccc(-c2ccccc2)cc1. The highest BCUT2D eigenvalue weighted by Crippen LogP contribution is 2.19. The van der Waals surface area contributed by atoms with Crippen molar-refractivity contribution in [2.24, 2.45) is 0 Å². The van der Waals surface area contributed by atoms with Crippen molar-refractivity contribution >= 4 is 11.8 Å². The second kappa shape index (κ2) is 9.51. The van der Waals surface area contributed by atoms with Gasteiger partial charge in [-0.3, -0.25) is 9.59 Å². The zero-order valence-corrected chi connectivity index (χ0v) is 15.8. The molecule has 3 rings (SSSR count). The normalized spacial score (nSPS) is 10.3. The summed E-state index contributed by atoms with van der Waals surface area (Å²) in [4.78, 5) is 24.1. The van der Waals surface area contributed by atoms with Crippen molar-refractivity contribution in [2.75, 3.05) is 13.2 Å². The van der Waals surface area contributed by atoms with E-state index in [9.17, 15) is 9.59 Å². The Morgan fingerprint density at radius 2 is 1.43 bits per heavy atom. The minimum Gasteiger partial charge on any atom is -0.493 e. The summed E-state index contributed by atoms with van der Waals surface area (Å²) in [6.07, 6.45) is 0.0918. The van der Waals surface area contributed by atoms with E-state index >= 15 is 0 Å². The molecule has 0 atom stereocenters. The fraction of sp³-hybridized carbons (Fsp3) is 0.167. The molecule has 0 bridgehead atoms. The number of carbonyl (C=O) groups is 2. The molecule has 0 fully saturated rings. The molecule has 0 heterocycles. The molecule has 4 heteroatoms. The van der Waals surface area contributed by atoms with Gasteiger partial charge in [-0.15, -0.1) is 0 Å². The summed E-state index contributed by atoms with van der Waals surface area (Å²) in [5.74, 6) is 0.0560. The van der Waals surface area contributed by atoms with Gasteiger partial charge in [0.15, 0.2) is 12.4 Å². The van der Waals surface area contributed by atoms with Gasteiger partial charge in [-0.05, 0) is 29.7 Å². The lowest BCUT2D eigenvalue weighted by Crippen LogP contribution is -2.16. The summed E-state index contributed by atoms with van der Waals surface area (Å²) in [7, 11) is 0. The molecule has 4 nitrogen and oxygen atoms in total. The number of hydrogen-bond acceptors (Lipinski definition) is 4. The van der Waals surface area contributed by atoms with Gasteiger partial charge in [0.25, 0.3) is 0 Å². The Labute approximate surface area is 164 Å². The van der Waals surface area contributed by atoms with Gasteiger partial charge in [-0.1, -0.05) is 72.8 Å². The minimum absolute atomic E-state index is 0.0918. The number of esters is 1. The summed E-state index contributed by atoms with van der Waals surface area (Å²) in [5, 5.41) is 0. The minimum atomic E-state index is -0.456. The molecule has 142 valence electrons. The fourth-order valence-electron chi connectivity index (χ4n) is 2.74. The third-order valence-corrected chi connectivity index (χ3v) is 4.34. The second-order valence-corrected chi connectivity index (χ2v) is 6.39. The lowest BCUT2D eigenvalue weighted by molar-refractivity contribution is -0.143. The van der Waals surface area contributed by atoms with Gasteiger partial charge < -0.3 is 9.47 Å². The van der Waals surface area contributed by atoms with Crippen LogP contribution < -0.4 is 4.74 Å². The quantitative estimate of drug-likeness (QED) is 0.417. The maximum atomic E-state index is 12.2. The standard InChI is InChI=1S/C24H22O4/c1-18-7-5-6-10-23(18)27-16-15-24(26)28-17-22(25)21-13-11-20(12-14-21)19-8-3-2-4-9-19/h2-14H,15-17H2,1H3. The number of ketones is 1. The van der Waals surface area contributed by atoms with Crippen molar-refractivity contribution < 1.29 is 19.1 Å². The maximum absolute atomic E-state index is 12.2. The van der Waals surface area contributed by atoms with Crippen LogP contribution in [0.25, 0.3) is 11.1 Å². The molecule has 0 aliphatic heterocycles. The summed E-state index contributed by atoms with van der Waals surface area (Å²) < 4.78 is 10.6. The molecule has 0 radical (unpaired) electrons. The predicted octanol–water partition coefficient (Wildman–Crippen LogP) is 4.86. The van der Waals surface area contributed by atoms with Crippen LogP contribution in [0.2, 0.25) is 0 Å². The number of ether oxygens (including phenoxy) is 2. The first-order valence-corrected chi connectivity index (χ1v) is 9.16. The van der Waals surface area contributed by atoms with Crippen LogP contribution in [-0.4, -0.2) is 25.0 Å². The van der Waals surface area contributed by atoms with Crippen LogP contribution in [0.4, 0.5) is 0 Å². The van der Waals surface area contributed by atoms with E-state index in [2.05, 4.69) is 0 Å². The first kappa shape index (κ1) is 19.4. The summed E-state index contributed by atoms with van der Waals surface area (Å²) in [6.45, 7) is 1.88. The van der Waals surface area contributed by atoms with Crippen molar-refractivity contribution in [2.45, 2.75) is 13.3 Å². The molecular formula is C24H22O4. The Kier molecular flexibility index (Phi) is 6.58. The van der Waals surface area contributed by atoms with Crippen LogP contribution in [0.1, 0.15) is 22.3 Å². The molecule has 0 aliphatic carbocycles. The van der Waals surface area contributed by atoms with Crippen molar-refractivity contribution in [1.29, 1.82) is 0 Å². The molecule has 3 aromatic rings. The summed E-state index contributed by atoms with van der Waals surface area (Å²) in [5.41, 5.74) is 3.64. The monoisotopic (exact) mass is 374 g/mol. The van der Waals surface area contributed by atoms with Gasteiger partial charge in [-0.2, -0.15) is 0 Å². The highest BCUT2D eigenvalue weighted by atomic mass is 16.5. The highest BCUT2D eigenvalue weighted by Gasteiger charge is 2.11. The van der Waals surface area contributed by atoms with E-state index in [1.54, 1.807) is 12.1 Å². The summed E-state index contributed by atoms with van der Waals surface area (Å²) in [6, 6.07) is 24.8. The number of carbonyl (C=O) groups excluding carboxylic acids is 2.